The van der Waals surface area contributed by atoms with E-state index in [1.807, 2.05) is 0 Å². The average Bonchev–Trinajstić information content (AvgIpc) is 2.79. The van der Waals surface area contributed by atoms with Crippen molar-refractivity contribution in [1.29, 1.82) is 0 Å². The Balaban J connectivity index is 1.48. The normalized spacial score (nSPS) is 48.8. The van der Waals surface area contributed by atoms with E-state index in [0.717, 1.165) is 17.8 Å². The van der Waals surface area contributed by atoms with Gasteiger partial charge in [0.1, 0.15) is 0 Å². The molecule has 102 valence electrons. The van der Waals surface area contributed by atoms with Crippen LogP contribution in [-0.2, 0) is 0 Å². The highest BCUT2D eigenvalue weighted by molar-refractivity contribution is 5.06. The molecule has 2 heteroatoms. The molecule has 1 saturated heterocycles. The van der Waals surface area contributed by atoms with Gasteiger partial charge in [-0.3, -0.25) is 0 Å². The summed E-state index contributed by atoms with van der Waals surface area (Å²) in [5.74, 6) is 3.13. The van der Waals surface area contributed by atoms with E-state index in [4.69, 9.17) is 5.73 Å². The van der Waals surface area contributed by atoms with Gasteiger partial charge < -0.3 is 10.6 Å². The summed E-state index contributed by atoms with van der Waals surface area (Å²) in [6.07, 6.45) is 11.8. The molecule has 0 aromatic carbocycles. The Morgan fingerprint density at radius 1 is 0.944 bits per heavy atom. The van der Waals surface area contributed by atoms with Gasteiger partial charge in [-0.05, 0) is 87.6 Å². The highest BCUT2D eigenvalue weighted by Gasteiger charge is 2.53. The van der Waals surface area contributed by atoms with Gasteiger partial charge in [-0.1, -0.05) is 0 Å². The van der Waals surface area contributed by atoms with E-state index in [2.05, 4.69) is 4.90 Å². The first-order valence-electron chi connectivity index (χ1n) is 8.21. The van der Waals surface area contributed by atoms with Crippen LogP contribution in [0.25, 0.3) is 0 Å². The summed E-state index contributed by atoms with van der Waals surface area (Å²) in [6.45, 7) is 3.80. The molecule has 5 aliphatic rings. The third kappa shape index (κ3) is 1.84. The molecule has 1 heterocycles. The molecule has 18 heavy (non-hydrogen) atoms. The van der Waals surface area contributed by atoms with E-state index in [0.29, 0.717) is 11.5 Å². The number of rotatable bonds is 3. The Bertz CT molecular complexity index is 284. The molecule has 1 unspecified atom stereocenters. The number of nitrogens with two attached hydrogens (primary N) is 1. The predicted molar refractivity (Wildman–Crippen MR) is 74.3 cm³/mol. The molecule has 1 aliphatic heterocycles. The van der Waals surface area contributed by atoms with Crippen molar-refractivity contribution in [2.24, 2.45) is 28.9 Å². The van der Waals surface area contributed by atoms with Crippen molar-refractivity contribution in [3.63, 3.8) is 0 Å². The highest BCUT2D eigenvalue weighted by atomic mass is 15.2. The molecule has 1 atom stereocenters. The zero-order valence-electron chi connectivity index (χ0n) is 11.6. The second kappa shape index (κ2) is 4.21. The largest absolute Gasteiger partial charge is 0.326 e. The number of hydrogen-bond acceptors (Lipinski definition) is 2. The topological polar surface area (TPSA) is 29.3 Å². The summed E-state index contributed by atoms with van der Waals surface area (Å²) in [5, 5.41) is 0. The predicted octanol–water partition coefficient (Wildman–Crippen LogP) is 2.63. The van der Waals surface area contributed by atoms with Crippen LogP contribution in [0, 0.1) is 23.2 Å². The molecule has 0 amide bonds. The summed E-state index contributed by atoms with van der Waals surface area (Å²) in [6, 6.07) is 0.462. The van der Waals surface area contributed by atoms with Gasteiger partial charge in [0, 0.05) is 12.6 Å². The van der Waals surface area contributed by atoms with Crippen LogP contribution in [0.2, 0.25) is 0 Å². The second-order valence-electron chi connectivity index (χ2n) is 7.89. The van der Waals surface area contributed by atoms with Crippen LogP contribution in [-0.4, -0.2) is 30.6 Å². The lowest BCUT2D eigenvalue weighted by Crippen LogP contribution is -2.57. The Morgan fingerprint density at radius 2 is 1.44 bits per heavy atom. The first kappa shape index (κ1) is 11.7. The SMILES string of the molecule is NC(CN1CCCC1)C12CC3CC(CC(C3)C1)C2. The summed E-state index contributed by atoms with van der Waals surface area (Å²) < 4.78 is 0. The minimum Gasteiger partial charge on any atom is -0.326 e. The van der Waals surface area contributed by atoms with Gasteiger partial charge in [-0.15, -0.1) is 0 Å². The Labute approximate surface area is 111 Å². The fourth-order valence-electron chi connectivity index (χ4n) is 6.07. The Morgan fingerprint density at radius 3 is 1.94 bits per heavy atom. The smallest absolute Gasteiger partial charge is 0.0225 e. The monoisotopic (exact) mass is 248 g/mol. The van der Waals surface area contributed by atoms with Crippen molar-refractivity contribution in [3.05, 3.63) is 0 Å². The van der Waals surface area contributed by atoms with E-state index in [1.54, 1.807) is 0 Å². The van der Waals surface area contributed by atoms with Gasteiger partial charge in [0.15, 0.2) is 0 Å². The van der Waals surface area contributed by atoms with E-state index in [1.165, 1.54) is 71.0 Å². The van der Waals surface area contributed by atoms with Crippen molar-refractivity contribution < 1.29 is 0 Å². The molecule has 2 N–H and O–H groups in total. The number of nitrogens with zero attached hydrogens (tertiary/aromatic N) is 1. The van der Waals surface area contributed by atoms with Crippen molar-refractivity contribution >= 4 is 0 Å². The standard InChI is InChI=1S/C16H28N2/c17-15(11-18-3-1-2-4-18)16-8-12-5-13(9-16)7-14(6-12)10-16/h12-15H,1-11,17H2. The molecule has 4 bridgehead atoms. The van der Waals surface area contributed by atoms with E-state index in [-0.39, 0.29) is 0 Å². The summed E-state index contributed by atoms with van der Waals surface area (Å²) in [4.78, 5) is 2.63. The molecular formula is C16H28N2. The molecule has 5 rings (SSSR count). The van der Waals surface area contributed by atoms with Crippen LogP contribution in [0.4, 0.5) is 0 Å². The highest BCUT2D eigenvalue weighted by Crippen LogP contribution is 2.61. The maximum absolute atomic E-state index is 6.71. The van der Waals surface area contributed by atoms with Crippen molar-refractivity contribution in [2.45, 2.75) is 57.4 Å². The van der Waals surface area contributed by atoms with Crippen molar-refractivity contribution in [3.8, 4) is 0 Å². The maximum Gasteiger partial charge on any atom is 0.0225 e. The molecule has 0 radical (unpaired) electrons. The Hall–Kier alpha value is -0.0800. The average molecular weight is 248 g/mol. The first-order valence-corrected chi connectivity index (χ1v) is 8.21. The molecule has 4 aliphatic carbocycles. The zero-order chi connectivity index (χ0) is 12.2. The molecular weight excluding hydrogens is 220 g/mol. The molecule has 0 aromatic heterocycles. The minimum absolute atomic E-state index is 0.462. The molecule has 0 aromatic rings. The first-order chi connectivity index (χ1) is 8.73. The maximum atomic E-state index is 6.71. The zero-order valence-corrected chi connectivity index (χ0v) is 11.6. The van der Waals surface area contributed by atoms with E-state index in [9.17, 15) is 0 Å². The number of hydrogen-bond donors (Lipinski definition) is 1. The fourth-order valence-corrected chi connectivity index (χ4v) is 6.07. The third-order valence-corrected chi connectivity index (χ3v) is 6.53. The van der Waals surface area contributed by atoms with Crippen LogP contribution in [0.3, 0.4) is 0 Å². The molecule has 2 nitrogen and oxygen atoms in total. The van der Waals surface area contributed by atoms with Crippen molar-refractivity contribution in [2.75, 3.05) is 19.6 Å². The van der Waals surface area contributed by atoms with Gasteiger partial charge in [-0.2, -0.15) is 0 Å². The van der Waals surface area contributed by atoms with E-state index < -0.39 is 0 Å². The minimum atomic E-state index is 0.462. The molecule has 0 spiro atoms. The van der Waals surface area contributed by atoms with Crippen LogP contribution >= 0.6 is 0 Å². The third-order valence-electron chi connectivity index (χ3n) is 6.53. The van der Waals surface area contributed by atoms with Gasteiger partial charge in [-0.25, -0.2) is 0 Å². The van der Waals surface area contributed by atoms with Gasteiger partial charge in [0.25, 0.3) is 0 Å². The fraction of sp³-hybridized carbons (Fsp3) is 1.00. The van der Waals surface area contributed by atoms with Crippen LogP contribution in [0.1, 0.15) is 51.4 Å². The van der Waals surface area contributed by atoms with Gasteiger partial charge in [0.2, 0.25) is 0 Å². The van der Waals surface area contributed by atoms with E-state index >= 15 is 0 Å². The second-order valence-corrected chi connectivity index (χ2v) is 7.89. The lowest BCUT2D eigenvalue weighted by molar-refractivity contribution is -0.0707. The summed E-state index contributed by atoms with van der Waals surface area (Å²) >= 11 is 0. The lowest BCUT2D eigenvalue weighted by Gasteiger charge is -2.59. The van der Waals surface area contributed by atoms with Gasteiger partial charge >= 0.3 is 0 Å². The lowest BCUT2D eigenvalue weighted by atomic mass is 9.48. The summed E-state index contributed by atoms with van der Waals surface area (Å²) in [7, 11) is 0. The van der Waals surface area contributed by atoms with Crippen molar-refractivity contribution in [1.82, 2.24) is 4.90 Å². The van der Waals surface area contributed by atoms with Crippen LogP contribution < -0.4 is 5.73 Å². The number of likely N-dealkylation sites (tertiary alicyclic amines) is 1. The molecule has 4 saturated carbocycles. The quantitative estimate of drug-likeness (QED) is 0.832. The van der Waals surface area contributed by atoms with Crippen LogP contribution in [0.5, 0.6) is 0 Å². The Kier molecular flexibility index (Phi) is 2.74. The van der Waals surface area contributed by atoms with Crippen LogP contribution in [0.15, 0.2) is 0 Å². The molecule has 5 fully saturated rings. The van der Waals surface area contributed by atoms with Gasteiger partial charge in [0.05, 0.1) is 0 Å². The summed E-state index contributed by atoms with van der Waals surface area (Å²) in [5.41, 5.74) is 7.26.